The monoisotopic (exact) mass is 469 g/mol. The molecule has 0 aliphatic heterocycles. The Balaban J connectivity index is 0. The molecular weight excluding hydrogens is 429 g/mol. The van der Waals surface area contributed by atoms with Gasteiger partial charge in [-0.1, -0.05) is 59.3 Å². The van der Waals surface area contributed by atoms with Crippen molar-refractivity contribution in [2.24, 2.45) is 0 Å². The summed E-state index contributed by atoms with van der Waals surface area (Å²) in [5.74, 6) is 3.09. The van der Waals surface area contributed by atoms with E-state index in [2.05, 4.69) is 49.3 Å². The quantitative estimate of drug-likeness (QED) is 0.0802. The van der Waals surface area contributed by atoms with Crippen molar-refractivity contribution in [1.29, 1.82) is 0 Å². The Kier molecular flexibility index (Phi) is 20.4. The van der Waals surface area contributed by atoms with Gasteiger partial charge in [0.1, 0.15) is 0 Å². The van der Waals surface area contributed by atoms with Crippen LogP contribution in [0.15, 0.2) is 0 Å². The van der Waals surface area contributed by atoms with Crippen molar-refractivity contribution in [2.45, 2.75) is 102 Å². The van der Waals surface area contributed by atoms with Gasteiger partial charge >= 0.3 is 0 Å². The number of hydrogen-bond acceptors (Lipinski definition) is 0. The van der Waals surface area contributed by atoms with Crippen molar-refractivity contribution in [3.05, 3.63) is 0 Å². The summed E-state index contributed by atoms with van der Waals surface area (Å²) in [6, 6.07) is 0. The normalized spacial score (nSPS) is 12.5. The zero-order valence-corrected chi connectivity index (χ0v) is 19.4. The molecule has 0 radical (unpaired) electrons. The Hall–Kier alpha value is 0.540. The SMILES string of the molecule is C#CC(I)[N+](CCCCCC)(CCCCCC)CCCCCC.[Cl-]. The summed E-state index contributed by atoms with van der Waals surface area (Å²) in [6.07, 6.45) is 22.1. The van der Waals surface area contributed by atoms with E-state index in [4.69, 9.17) is 6.42 Å². The predicted molar refractivity (Wildman–Crippen MR) is 114 cm³/mol. The summed E-state index contributed by atoms with van der Waals surface area (Å²) in [4.78, 5) is 0. The van der Waals surface area contributed by atoms with Crippen molar-refractivity contribution in [2.75, 3.05) is 19.6 Å². The molecule has 0 fully saturated rings. The zero-order valence-electron chi connectivity index (χ0n) is 16.5. The van der Waals surface area contributed by atoms with Crippen molar-refractivity contribution in [1.82, 2.24) is 0 Å². The first-order valence-corrected chi connectivity index (χ1v) is 11.4. The van der Waals surface area contributed by atoms with Gasteiger partial charge in [0.15, 0.2) is 0 Å². The fraction of sp³-hybridized carbons (Fsp3) is 0.905. The van der Waals surface area contributed by atoms with Crippen LogP contribution in [0.2, 0.25) is 0 Å². The predicted octanol–water partition coefficient (Wildman–Crippen LogP) is 3.94. The first-order chi connectivity index (χ1) is 11.2. The van der Waals surface area contributed by atoms with Crippen LogP contribution in [0, 0.1) is 12.3 Å². The smallest absolute Gasteiger partial charge is 0.200 e. The van der Waals surface area contributed by atoms with Gasteiger partial charge in [0.2, 0.25) is 4.05 Å². The highest BCUT2D eigenvalue weighted by atomic mass is 127. The molecule has 0 aliphatic carbocycles. The molecule has 0 bridgehead atoms. The van der Waals surface area contributed by atoms with E-state index >= 15 is 0 Å². The van der Waals surface area contributed by atoms with Crippen LogP contribution in [0.1, 0.15) is 97.8 Å². The van der Waals surface area contributed by atoms with Gasteiger partial charge in [-0.05, 0) is 44.4 Å². The van der Waals surface area contributed by atoms with Gasteiger partial charge in [-0.15, -0.1) is 6.42 Å². The topological polar surface area (TPSA) is 0 Å². The molecule has 1 unspecified atom stereocenters. The van der Waals surface area contributed by atoms with Gasteiger partial charge in [0.05, 0.1) is 19.6 Å². The van der Waals surface area contributed by atoms with Crippen LogP contribution in [0.25, 0.3) is 0 Å². The van der Waals surface area contributed by atoms with Crippen LogP contribution in [-0.4, -0.2) is 28.2 Å². The molecule has 0 saturated heterocycles. The third kappa shape index (κ3) is 12.0. The summed E-state index contributed by atoms with van der Waals surface area (Å²) < 4.78 is 1.52. The van der Waals surface area contributed by atoms with Crippen LogP contribution in [-0.2, 0) is 0 Å². The van der Waals surface area contributed by atoms with Crippen molar-refractivity contribution >= 4 is 22.6 Å². The average molecular weight is 470 g/mol. The average Bonchev–Trinajstić information content (AvgIpc) is 2.58. The third-order valence-electron chi connectivity index (χ3n) is 4.99. The highest BCUT2D eigenvalue weighted by Gasteiger charge is 2.32. The number of rotatable bonds is 16. The molecular formula is C21H41ClIN. The van der Waals surface area contributed by atoms with Crippen LogP contribution >= 0.6 is 22.6 Å². The van der Waals surface area contributed by atoms with Crippen molar-refractivity contribution in [3.63, 3.8) is 0 Å². The van der Waals surface area contributed by atoms with Gasteiger partial charge in [-0.25, -0.2) is 0 Å². The lowest BCUT2D eigenvalue weighted by atomic mass is 10.1. The van der Waals surface area contributed by atoms with Gasteiger partial charge < -0.3 is 16.9 Å². The van der Waals surface area contributed by atoms with Crippen LogP contribution in [0.4, 0.5) is 0 Å². The second-order valence-electron chi connectivity index (χ2n) is 7.07. The van der Waals surface area contributed by atoms with E-state index in [0.29, 0.717) is 4.05 Å². The van der Waals surface area contributed by atoms with Gasteiger partial charge in [0, 0.05) is 22.6 Å². The fourth-order valence-electron chi connectivity index (χ4n) is 3.39. The molecule has 3 heteroatoms. The maximum atomic E-state index is 5.88. The molecule has 0 aromatic rings. The molecule has 0 spiro atoms. The first kappa shape index (κ1) is 26.8. The molecule has 144 valence electrons. The van der Waals surface area contributed by atoms with Gasteiger partial charge in [-0.2, -0.15) is 0 Å². The lowest BCUT2D eigenvalue weighted by Gasteiger charge is -2.41. The number of nitrogens with zero attached hydrogens (tertiary/aromatic N) is 1. The number of terminal acetylenes is 1. The third-order valence-corrected chi connectivity index (χ3v) is 6.53. The van der Waals surface area contributed by atoms with Crippen molar-refractivity contribution in [3.8, 4) is 12.3 Å². The molecule has 1 nitrogen and oxygen atoms in total. The van der Waals surface area contributed by atoms with E-state index in [0.717, 1.165) is 0 Å². The van der Waals surface area contributed by atoms with Gasteiger partial charge in [0.25, 0.3) is 0 Å². The molecule has 0 amide bonds. The Labute approximate surface area is 172 Å². The molecule has 1 atom stereocenters. The number of hydrogen-bond donors (Lipinski definition) is 0. The second kappa shape index (κ2) is 18.3. The fourth-order valence-corrected chi connectivity index (χ4v) is 4.23. The van der Waals surface area contributed by atoms with Crippen LogP contribution < -0.4 is 12.4 Å². The molecule has 0 saturated carbocycles. The number of halogens is 2. The second-order valence-corrected chi connectivity index (χ2v) is 8.25. The van der Waals surface area contributed by atoms with E-state index in [1.165, 1.54) is 101 Å². The van der Waals surface area contributed by atoms with Crippen molar-refractivity contribution < 1.29 is 16.9 Å². The summed E-state index contributed by atoms with van der Waals surface area (Å²) >= 11 is 2.54. The Morgan fingerprint density at radius 2 is 1.04 bits per heavy atom. The highest BCUT2D eigenvalue weighted by Crippen LogP contribution is 2.25. The molecule has 0 N–H and O–H groups in total. The molecule has 0 aromatic heterocycles. The minimum Gasteiger partial charge on any atom is -1.00 e. The summed E-state index contributed by atoms with van der Waals surface area (Å²) in [7, 11) is 0. The van der Waals surface area contributed by atoms with Crippen LogP contribution in [0.3, 0.4) is 0 Å². The number of alkyl halides is 1. The number of quaternary nitrogens is 1. The largest absolute Gasteiger partial charge is 1.00 e. The lowest BCUT2D eigenvalue weighted by molar-refractivity contribution is -0.927. The van der Waals surface area contributed by atoms with E-state index < -0.39 is 0 Å². The molecule has 0 aliphatic rings. The molecule has 24 heavy (non-hydrogen) atoms. The van der Waals surface area contributed by atoms with E-state index in [-0.39, 0.29) is 12.4 Å². The van der Waals surface area contributed by atoms with Crippen LogP contribution in [0.5, 0.6) is 0 Å². The molecule has 0 rings (SSSR count). The minimum absolute atomic E-state index is 0. The maximum absolute atomic E-state index is 5.88. The molecule has 0 aromatic carbocycles. The highest BCUT2D eigenvalue weighted by molar-refractivity contribution is 14.1. The Morgan fingerprint density at radius 3 is 1.29 bits per heavy atom. The summed E-state index contributed by atoms with van der Waals surface area (Å²) in [5.41, 5.74) is 0. The maximum Gasteiger partial charge on any atom is 0.200 e. The molecule has 0 heterocycles. The summed E-state index contributed by atoms with van der Waals surface area (Å²) in [5, 5.41) is 0. The standard InChI is InChI=1S/C21H41IN.ClH/c1-5-9-12-15-18-23(21(22)8-4,19-16-13-10-6-2)20-17-14-11-7-3;/h4,21H,5-7,9-20H2,1-3H3;1H/q+1;/p-1. The summed E-state index contributed by atoms with van der Waals surface area (Å²) in [6.45, 7) is 10.7. The zero-order chi connectivity index (χ0) is 17.4. The number of unbranched alkanes of at least 4 members (excludes halogenated alkanes) is 9. The first-order valence-electron chi connectivity index (χ1n) is 10.1. The van der Waals surface area contributed by atoms with E-state index in [1.807, 2.05) is 0 Å². The van der Waals surface area contributed by atoms with E-state index in [9.17, 15) is 0 Å². The Morgan fingerprint density at radius 1 is 0.708 bits per heavy atom. The Bertz CT molecular complexity index is 269. The minimum atomic E-state index is 0. The van der Waals surface area contributed by atoms with E-state index in [1.54, 1.807) is 0 Å². The lowest BCUT2D eigenvalue weighted by Crippen LogP contribution is -3.00. The van der Waals surface area contributed by atoms with Gasteiger partial charge in [-0.3, -0.25) is 0 Å².